The lowest BCUT2D eigenvalue weighted by molar-refractivity contribution is -0.138. The Kier molecular flexibility index (Phi) is 21.0. The molecular weight excluding hydrogens is 939 g/mol. The number of carbonyl (C=O) groups excluding carboxylic acids is 11. The van der Waals surface area contributed by atoms with Gasteiger partial charge in [0.15, 0.2) is 17.1 Å². The molecule has 1 aliphatic rings. The van der Waals surface area contributed by atoms with Gasteiger partial charge in [0.2, 0.25) is 41.4 Å². The number of guanidine groups is 1. The number of rotatable bonds is 29. The summed E-state index contributed by atoms with van der Waals surface area (Å²) in [6.45, 7) is 1.97. The van der Waals surface area contributed by atoms with Gasteiger partial charge >= 0.3 is 0 Å². The van der Waals surface area contributed by atoms with Crippen LogP contribution in [-0.4, -0.2) is 152 Å². The standard InChI is InChI=1S/C42H53N15O12S/c1-2-57-32(63)16-30(40(57)69)70-21-26(20-61)51-36(65)29(12-15-59)54-37(66)27(4-3-13-46-41(43)44)53-38(67)28(11-14-58)52-31(62)10-9-24(19-60)50-35(64)22-5-7-23(8-6-22)47-17-25-18-48-34-33(49-25)39(68)56-42(45)55-34/h5-8,14-15,18-20,24,26-30,47H,2-4,9-13,16-17,21H2,1H3,(H,50,64)(H,51,65)(H,52,62)(H,53,67)(H,54,66)(H4,43,44,46)(H3,45,48,55,56,68)/t24-,26+,27-,28-,29-,30?/m0/s1. The number of imide groups is 1. The number of aromatic nitrogens is 4. The molecule has 2 aromatic heterocycles. The van der Waals surface area contributed by atoms with E-state index in [1.807, 2.05) is 0 Å². The van der Waals surface area contributed by atoms with Gasteiger partial charge in [0.25, 0.3) is 11.5 Å². The van der Waals surface area contributed by atoms with E-state index in [2.05, 4.69) is 56.8 Å². The van der Waals surface area contributed by atoms with Crippen LogP contribution in [-0.2, 0) is 54.5 Å². The van der Waals surface area contributed by atoms with E-state index in [0.29, 0.717) is 36.5 Å². The predicted molar refractivity (Wildman–Crippen MR) is 251 cm³/mol. The van der Waals surface area contributed by atoms with E-state index in [1.165, 1.54) is 18.3 Å². The zero-order chi connectivity index (χ0) is 51.3. The average molecular weight is 992 g/mol. The predicted octanol–water partition coefficient (Wildman–Crippen LogP) is -3.76. The number of aromatic amines is 1. The zero-order valence-electron chi connectivity index (χ0n) is 37.7. The van der Waals surface area contributed by atoms with Gasteiger partial charge in [-0.05, 0) is 50.5 Å². The van der Waals surface area contributed by atoms with Crippen LogP contribution < -0.4 is 54.7 Å². The van der Waals surface area contributed by atoms with Crippen molar-refractivity contribution in [2.45, 2.75) is 93.9 Å². The van der Waals surface area contributed by atoms with Crippen molar-refractivity contribution in [2.75, 3.05) is 29.9 Å². The van der Waals surface area contributed by atoms with Crippen LogP contribution in [0.1, 0.15) is 67.9 Å². The Morgan fingerprint density at radius 2 is 1.50 bits per heavy atom. The molecule has 28 heteroatoms. The van der Waals surface area contributed by atoms with Crippen molar-refractivity contribution < 1.29 is 52.7 Å². The molecule has 374 valence electrons. The van der Waals surface area contributed by atoms with E-state index >= 15 is 0 Å². The molecule has 1 aliphatic heterocycles. The molecule has 0 aliphatic carbocycles. The number of fused-ring (bicyclic) bond motifs is 1. The summed E-state index contributed by atoms with van der Waals surface area (Å²) in [5.41, 5.74) is 17.0. The maximum Gasteiger partial charge on any atom is 0.280 e. The number of benzene rings is 1. The van der Waals surface area contributed by atoms with Crippen molar-refractivity contribution in [3.63, 3.8) is 0 Å². The van der Waals surface area contributed by atoms with E-state index in [-0.39, 0.29) is 85.6 Å². The topological polar surface area (TPSA) is 425 Å². The lowest BCUT2D eigenvalue weighted by Gasteiger charge is -2.25. The number of aldehydes is 4. The van der Waals surface area contributed by atoms with Gasteiger partial charge in [-0.15, -0.1) is 11.8 Å². The van der Waals surface area contributed by atoms with Crippen LogP contribution in [0.25, 0.3) is 11.2 Å². The smallest absolute Gasteiger partial charge is 0.280 e. The van der Waals surface area contributed by atoms with Crippen LogP contribution in [0, 0.1) is 0 Å². The highest BCUT2D eigenvalue weighted by molar-refractivity contribution is 8.00. The molecule has 0 bridgehead atoms. The second-order valence-corrected chi connectivity index (χ2v) is 16.7. The second-order valence-electron chi connectivity index (χ2n) is 15.4. The van der Waals surface area contributed by atoms with Crippen molar-refractivity contribution in [1.29, 1.82) is 0 Å². The first-order valence-electron chi connectivity index (χ1n) is 21.7. The first-order chi connectivity index (χ1) is 33.5. The number of aliphatic imine (C=N–C) groups is 1. The molecule has 1 saturated heterocycles. The summed E-state index contributed by atoms with van der Waals surface area (Å²) in [6.07, 6.45) is 1.02. The van der Waals surface area contributed by atoms with Gasteiger partial charge in [0.1, 0.15) is 43.3 Å². The third kappa shape index (κ3) is 16.3. The molecule has 1 unspecified atom stereocenters. The van der Waals surface area contributed by atoms with Gasteiger partial charge in [-0.25, -0.2) is 9.97 Å². The highest BCUT2D eigenvalue weighted by atomic mass is 32.2. The Bertz CT molecular complexity index is 2520. The largest absolute Gasteiger partial charge is 0.379 e. The number of carbonyl (C=O) groups is 11. The molecule has 70 heavy (non-hydrogen) atoms. The molecule has 0 saturated carbocycles. The first-order valence-corrected chi connectivity index (χ1v) is 22.7. The molecule has 13 N–H and O–H groups in total. The number of nitrogens with two attached hydrogens (primary N) is 3. The van der Waals surface area contributed by atoms with Gasteiger partial charge in [0, 0.05) is 55.8 Å². The van der Waals surface area contributed by atoms with E-state index < -0.39 is 95.7 Å². The molecule has 7 amide bonds. The summed E-state index contributed by atoms with van der Waals surface area (Å²) in [5, 5.41) is 14.4. The van der Waals surface area contributed by atoms with E-state index in [0.717, 1.165) is 16.7 Å². The third-order valence-electron chi connectivity index (χ3n) is 10.3. The molecule has 3 heterocycles. The molecule has 0 radical (unpaired) electrons. The maximum absolute atomic E-state index is 13.6. The minimum absolute atomic E-state index is 0.00142. The Morgan fingerprint density at radius 3 is 2.13 bits per heavy atom. The number of thioether (sulfide) groups is 1. The normalized spacial score (nSPS) is 15.3. The number of nitrogens with one attached hydrogen (secondary N) is 7. The first kappa shape index (κ1) is 54.4. The van der Waals surface area contributed by atoms with Crippen LogP contribution in [0.5, 0.6) is 0 Å². The number of hydrogen-bond acceptors (Lipinski definition) is 19. The summed E-state index contributed by atoms with van der Waals surface area (Å²) in [7, 11) is 0. The fourth-order valence-electron chi connectivity index (χ4n) is 6.67. The zero-order valence-corrected chi connectivity index (χ0v) is 38.5. The molecule has 6 atom stereocenters. The number of hydrogen-bond donors (Lipinski definition) is 10. The minimum atomic E-state index is -1.55. The second kappa shape index (κ2) is 27.0. The molecule has 27 nitrogen and oxygen atoms in total. The highest BCUT2D eigenvalue weighted by Gasteiger charge is 2.38. The van der Waals surface area contributed by atoms with Crippen molar-refractivity contribution in [3.8, 4) is 0 Å². The number of amides is 7. The van der Waals surface area contributed by atoms with Gasteiger partial charge in [-0.1, -0.05) is 0 Å². The number of nitrogens with zero attached hydrogens (tertiary/aromatic N) is 5. The van der Waals surface area contributed by atoms with Gasteiger partial charge in [0.05, 0.1) is 35.8 Å². The monoisotopic (exact) mass is 991 g/mol. The summed E-state index contributed by atoms with van der Waals surface area (Å²) >= 11 is 0.981. The Hall–Kier alpha value is -8.17. The summed E-state index contributed by atoms with van der Waals surface area (Å²) in [6, 6.07) is -0.772. The summed E-state index contributed by atoms with van der Waals surface area (Å²) in [4.78, 5) is 170. The van der Waals surface area contributed by atoms with E-state index in [1.54, 1.807) is 19.1 Å². The van der Waals surface area contributed by atoms with Crippen molar-refractivity contribution in [2.24, 2.45) is 16.5 Å². The highest BCUT2D eigenvalue weighted by Crippen LogP contribution is 2.25. The minimum Gasteiger partial charge on any atom is -0.379 e. The van der Waals surface area contributed by atoms with Gasteiger partial charge in [-0.2, -0.15) is 4.98 Å². The van der Waals surface area contributed by atoms with Crippen molar-refractivity contribution in [3.05, 3.63) is 52.1 Å². The maximum atomic E-state index is 13.6. The molecular formula is C42H53N15O12S. The van der Waals surface area contributed by atoms with Crippen molar-refractivity contribution in [1.82, 2.24) is 51.4 Å². The molecule has 4 rings (SSSR count). The molecule has 0 spiro atoms. The third-order valence-corrected chi connectivity index (χ3v) is 11.6. The van der Waals surface area contributed by atoms with Crippen LogP contribution in [0.4, 0.5) is 11.6 Å². The lowest BCUT2D eigenvalue weighted by atomic mass is 10.1. The molecule has 1 fully saturated rings. The van der Waals surface area contributed by atoms with Crippen LogP contribution in [0.2, 0.25) is 0 Å². The Labute approximate surface area is 402 Å². The average Bonchev–Trinajstić information content (AvgIpc) is 3.61. The van der Waals surface area contributed by atoms with Crippen molar-refractivity contribution >= 4 is 107 Å². The summed E-state index contributed by atoms with van der Waals surface area (Å²) in [5.74, 6) is -5.64. The fourth-order valence-corrected chi connectivity index (χ4v) is 7.80. The number of anilines is 2. The quantitative estimate of drug-likeness (QED) is 0.0105. The van der Waals surface area contributed by atoms with Crippen LogP contribution in [0.3, 0.4) is 0 Å². The number of H-pyrrole nitrogens is 1. The van der Waals surface area contributed by atoms with E-state index in [4.69, 9.17) is 17.2 Å². The van der Waals surface area contributed by atoms with Crippen LogP contribution >= 0.6 is 11.8 Å². The molecule has 3 aromatic rings. The van der Waals surface area contributed by atoms with Gasteiger partial charge in [-0.3, -0.25) is 53.2 Å². The SMILES string of the molecule is CCN1C(=O)CC(SC[C@@H](C=O)NC(=O)[C@H](CC=O)NC(=O)[C@H](CCCN=C(N)N)NC(=O)[C@H](CC=O)NC(=O)CC[C@@H](C=O)NC(=O)c2ccc(NCc3cnc4nc(N)[nH]c(=O)c4n3)cc2)C1=O. The molecule has 1 aromatic carbocycles. The van der Waals surface area contributed by atoms with E-state index in [9.17, 15) is 57.5 Å². The Balaban J connectivity index is 1.32. The lowest BCUT2D eigenvalue weighted by Crippen LogP contribution is -2.57. The fraction of sp³-hybridized carbons (Fsp3) is 0.429. The van der Waals surface area contributed by atoms with Crippen LogP contribution in [0.15, 0.2) is 40.2 Å². The summed E-state index contributed by atoms with van der Waals surface area (Å²) < 4.78 is 0. The number of likely N-dealkylation sites (tertiary alicyclic amines) is 1. The van der Waals surface area contributed by atoms with Gasteiger partial charge < -0.3 is 68.3 Å². The number of nitrogen functional groups attached to an aromatic ring is 1. The Morgan fingerprint density at radius 1 is 0.857 bits per heavy atom.